The molecule has 0 amide bonds. The summed E-state index contributed by atoms with van der Waals surface area (Å²) in [6.07, 6.45) is 1.78. The van der Waals surface area contributed by atoms with E-state index in [4.69, 9.17) is 14.2 Å². The topological polar surface area (TPSA) is 56.8 Å². The van der Waals surface area contributed by atoms with Crippen LogP contribution in [0.15, 0.2) is 0 Å². The van der Waals surface area contributed by atoms with E-state index in [1.54, 1.807) is 0 Å². The van der Waals surface area contributed by atoms with Crippen LogP contribution in [-0.4, -0.2) is 42.7 Å². The van der Waals surface area contributed by atoms with Crippen molar-refractivity contribution < 1.29 is 19.0 Å². The van der Waals surface area contributed by atoms with Gasteiger partial charge in [0.05, 0.1) is 12.7 Å². The van der Waals surface area contributed by atoms with Crippen molar-refractivity contribution in [3.63, 3.8) is 0 Å². The molecule has 0 aliphatic carbocycles. The molecule has 0 bridgehead atoms. The van der Waals surface area contributed by atoms with E-state index in [2.05, 4.69) is 33.0 Å². The third kappa shape index (κ3) is 6.68. The molecule has 118 valence electrons. The first-order valence-corrected chi connectivity index (χ1v) is 7.29. The van der Waals surface area contributed by atoms with Gasteiger partial charge in [-0.25, -0.2) is 0 Å². The van der Waals surface area contributed by atoms with Gasteiger partial charge in [0.2, 0.25) is 0 Å². The molecule has 1 unspecified atom stereocenters. The highest BCUT2D eigenvalue weighted by Crippen LogP contribution is 2.30. The van der Waals surface area contributed by atoms with Crippen LogP contribution in [0.2, 0.25) is 0 Å². The Morgan fingerprint density at radius 2 is 1.75 bits per heavy atom. The van der Waals surface area contributed by atoms with Crippen LogP contribution >= 0.6 is 0 Å². The van der Waals surface area contributed by atoms with Crippen molar-refractivity contribution in [2.24, 2.45) is 0 Å². The van der Waals surface area contributed by atoms with E-state index in [1.807, 2.05) is 6.92 Å². The van der Waals surface area contributed by atoms with Crippen molar-refractivity contribution in [3.8, 4) is 0 Å². The molecule has 5 nitrogen and oxygen atoms in total. The fourth-order valence-corrected chi connectivity index (χ4v) is 3.03. The first-order valence-electron chi connectivity index (χ1n) is 7.29. The molecule has 1 heterocycles. The number of hydrogen-bond donors (Lipinski definition) is 1. The van der Waals surface area contributed by atoms with Gasteiger partial charge in [-0.1, -0.05) is 0 Å². The Bertz CT molecular complexity index is 312. The zero-order valence-corrected chi connectivity index (χ0v) is 13.6. The highest BCUT2D eigenvalue weighted by Gasteiger charge is 2.38. The molecule has 0 spiro atoms. The standard InChI is InChI=1S/C15H29NO4/c1-11(17)18-7-8-19-12(2)20-13-9-14(3,4)16-15(5,6)10-13/h12-13,16H,7-10H2,1-6H3. The first kappa shape index (κ1) is 17.4. The molecule has 0 saturated carbocycles. The molecule has 1 N–H and O–H groups in total. The van der Waals surface area contributed by atoms with Crippen molar-refractivity contribution in [2.45, 2.75) is 77.9 Å². The second-order valence-electron chi connectivity index (χ2n) is 6.84. The van der Waals surface area contributed by atoms with E-state index in [9.17, 15) is 4.79 Å². The van der Waals surface area contributed by atoms with E-state index in [-0.39, 0.29) is 36.0 Å². The van der Waals surface area contributed by atoms with E-state index < -0.39 is 0 Å². The third-order valence-corrected chi connectivity index (χ3v) is 3.28. The number of rotatable bonds is 6. The van der Waals surface area contributed by atoms with Crippen LogP contribution < -0.4 is 5.32 Å². The Balaban J connectivity index is 2.33. The zero-order chi connectivity index (χ0) is 15.4. The van der Waals surface area contributed by atoms with Crippen LogP contribution in [0.25, 0.3) is 0 Å². The number of hydrogen-bond acceptors (Lipinski definition) is 5. The summed E-state index contributed by atoms with van der Waals surface area (Å²) >= 11 is 0. The minimum Gasteiger partial charge on any atom is -0.463 e. The number of piperidine rings is 1. The Labute approximate surface area is 122 Å². The van der Waals surface area contributed by atoms with Gasteiger partial charge in [-0.05, 0) is 47.5 Å². The molecule has 1 fully saturated rings. The monoisotopic (exact) mass is 287 g/mol. The lowest BCUT2D eigenvalue weighted by atomic mass is 9.81. The summed E-state index contributed by atoms with van der Waals surface area (Å²) in [5.41, 5.74) is 0.119. The number of nitrogens with one attached hydrogen (secondary N) is 1. The van der Waals surface area contributed by atoms with Crippen molar-refractivity contribution in [2.75, 3.05) is 13.2 Å². The molecule has 1 rings (SSSR count). The van der Waals surface area contributed by atoms with E-state index >= 15 is 0 Å². The lowest BCUT2D eigenvalue weighted by molar-refractivity contribution is -0.183. The van der Waals surface area contributed by atoms with Crippen LogP contribution in [0.3, 0.4) is 0 Å². The minimum atomic E-state index is -0.291. The molecule has 0 aromatic rings. The summed E-state index contributed by atoms with van der Waals surface area (Å²) in [4.78, 5) is 10.6. The second-order valence-corrected chi connectivity index (χ2v) is 6.84. The Morgan fingerprint density at radius 3 is 2.25 bits per heavy atom. The molecule has 1 aliphatic rings. The zero-order valence-electron chi connectivity index (χ0n) is 13.6. The van der Waals surface area contributed by atoms with Gasteiger partial charge >= 0.3 is 5.97 Å². The van der Waals surface area contributed by atoms with Gasteiger partial charge in [-0.3, -0.25) is 4.79 Å². The van der Waals surface area contributed by atoms with E-state index in [1.165, 1.54) is 6.92 Å². The number of carbonyl (C=O) groups excluding carboxylic acids is 1. The predicted molar refractivity (Wildman–Crippen MR) is 77.4 cm³/mol. The maximum Gasteiger partial charge on any atom is 0.302 e. The van der Waals surface area contributed by atoms with E-state index in [0.29, 0.717) is 6.61 Å². The molecule has 20 heavy (non-hydrogen) atoms. The quantitative estimate of drug-likeness (QED) is 0.461. The van der Waals surface area contributed by atoms with E-state index in [0.717, 1.165) is 12.8 Å². The van der Waals surface area contributed by atoms with Gasteiger partial charge in [-0.15, -0.1) is 0 Å². The Hall–Kier alpha value is -0.650. The molecule has 1 aliphatic heterocycles. The van der Waals surface area contributed by atoms with Crippen molar-refractivity contribution in [1.29, 1.82) is 0 Å². The maximum absolute atomic E-state index is 10.6. The molecule has 1 saturated heterocycles. The summed E-state index contributed by atoms with van der Waals surface area (Å²) in [5.74, 6) is -0.288. The van der Waals surface area contributed by atoms with Crippen LogP contribution in [0, 0.1) is 0 Å². The van der Waals surface area contributed by atoms with Crippen molar-refractivity contribution in [1.82, 2.24) is 5.32 Å². The SMILES string of the molecule is CC(=O)OCCOC(C)OC1CC(C)(C)NC(C)(C)C1. The number of carbonyl (C=O) groups is 1. The van der Waals surface area contributed by atoms with Gasteiger partial charge in [0.15, 0.2) is 6.29 Å². The molecule has 0 radical (unpaired) electrons. The first-order chi connectivity index (χ1) is 9.10. The molecular weight excluding hydrogens is 258 g/mol. The lowest BCUT2D eigenvalue weighted by Crippen LogP contribution is -2.59. The summed E-state index contributed by atoms with van der Waals surface area (Å²) in [7, 11) is 0. The average molecular weight is 287 g/mol. The Kier molecular flexibility index (Phi) is 5.98. The largest absolute Gasteiger partial charge is 0.463 e. The Morgan fingerprint density at radius 1 is 1.20 bits per heavy atom. The molecule has 5 heteroatoms. The summed E-state index contributed by atoms with van der Waals surface area (Å²) in [6.45, 7) is 12.7. The second kappa shape index (κ2) is 6.87. The van der Waals surface area contributed by atoms with Gasteiger partial charge in [0.1, 0.15) is 6.61 Å². The summed E-state index contributed by atoms with van der Waals surface area (Å²) < 4.78 is 16.3. The van der Waals surface area contributed by atoms with Crippen molar-refractivity contribution in [3.05, 3.63) is 0 Å². The molecule has 0 aromatic heterocycles. The molecule has 1 atom stereocenters. The number of esters is 1. The van der Waals surface area contributed by atoms with Gasteiger partial charge in [0, 0.05) is 18.0 Å². The lowest BCUT2D eigenvalue weighted by Gasteiger charge is -2.46. The van der Waals surface area contributed by atoms with Crippen LogP contribution in [0.1, 0.15) is 54.4 Å². The van der Waals surface area contributed by atoms with Gasteiger partial charge in [0.25, 0.3) is 0 Å². The fraction of sp³-hybridized carbons (Fsp3) is 0.933. The highest BCUT2D eigenvalue weighted by atomic mass is 16.7. The fourth-order valence-electron chi connectivity index (χ4n) is 3.03. The van der Waals surface area contributed by atoms with Crippen LogP contribution in [0.5, 0.6) is 0 Å². The minimum absolute atomic E-state index is 0.0594. The smallest absolute Gasteiger partial charge is 0.302 e. The molecule has 0 aromatic carbocycles. The van der Waals surface area contributed by atoms with Crippen LogP contribution in [-0.2, 0) is 19.0 Å². The van der Waals surface area contributed by atoms with Gasteiger partial charge < -0.3 is 19.5 Å². The normalized spacial score (nSPS) is 23.3. The summed E-state index contributed by atoms with van der Waals surface area (Å²) in [6, 6.07) is 0. The van der Waals surface area contributed by atoms with Gasteiger partial charge in [-0.2, -0.15) is 0 Å². The highest BCUT2D eigenvalue weighted by molar-refractivity contribution is 5.65. The van der Waals surface area contributed by atoms with Crippen molar-refractivity contribution >= 4 is 5.97 Å². The van der Waals surface area contributed by atoms with Crippen LogP contribution in [0.4, 0.5) is 0 Å². The molecular formula is C15H29NO4. The average Bonchev–Trinajstić information content (AvgIpc) is 2.19. The number of ether oxygens (including phenoxy) is 3. The predicted octanol–water partition coefficient (Wildman–Crippen LogP) is 2.24. The third-order valence-electron chi connectivity index (χ3n) is 3.28. The maximum atomic E-state index is 10.6. The summed E-state index contributed by atoms with van der Waals surface area (Å²) in [5, 5.41) is 3.62.